The quantitative estimate of drug-likeness (QED) is 0.590. The van der Waals surface area contributed by atoms with Gasteiger partial charge >= 0.3 is 0 Å². The number of hydrogen-bond acceptors (Lipinski definition) is 4. The summed E-state index contributed by atoms with van der Waals surface area (Å²) in [4.78, 5) is 12.4. The highest BCUT2D eigenvalue weighted by molar-refractivity contribution is 6.30. The Kier molecular flexibility index (Phi) is 5.58. The van der Waals surface area contributed by atoms with Crippen LogP contribution in [0.2, 0.25) is 5.02 Å². The van der Waals surface area contributed by atoms with Crippen molar-refractivity contribution in [1.29, 1.82) is 0 Å². The molecule has 0 radical (unpaired) electrons. The van der Waals surface area contributed by atoms with Crippen LogP contribution in [0.3, 0.4) is 0 Å². The van der Waals surface area contributed by atoms with Crippen molar-refractivity contribution in [2.24, 2.45) is 0 Å². The Morgan fingerprint density at radius 3 is 2.62 bits per heavy atom. The second-order valence-corrected chi connectivity index (χ2v) is 7.09. The van der Waals surface area contributed by atoms with Crippen LogP contribution in [-0.2, 0) is 6.61 Å². The molecule has 0 unspecified atom stereocenters. The van der Waals surface area contributed by atoms with Crippen LogP contribution in [-0.4, -0.2) is 12.5 Å². The first-order valence-electron chi connectivity index (χ1n) is 9.44. The van der Waals surface area contributed by atoms with Gasteiger partial charge in [0, 0.05) is 10.7 Å². The molecule has 0 aromatic heterocycles. The molecule has 148 valence electrons. The van der Waals surface area contributed by atoms with Crippen LogP contribution in [0.15, 0.2) is 66.7 Å². The van der Waals surface area contributed by atoms with E-state index in [0.29, 0.717) is 35.3 Å². The monoisotopic (exact) mass is 408 g/mol. The third kappa shape index (κ3) is 4.30. The number of nitrogens with one attached hydrogen (secondary N) is 2. The molecule has 29 heavy (non-hydrogen) atoms. The summed E-state index contributed by atoms with van der Waals surface area (Å²) in [6.07, 6.45) is -0.349. The summed E-state index contributed by atoms with van der Waals surface area (Å²) in [5.74, 6) is 1.16. The van der Waals surface area contributed by atoms with E-state index in [1.807, 2.05) is 67.6 Å². The van der Waals surface area contributed by atoms with Gasteiger partial charge in [-0.05, 0) is 54.4 Å². The van der Waals surface area contributed by atoms with E-state index in [1.54, 1.807) is 6.07 Å². The number of ether oxygens (including phenoxy) is 2. The lowest BCUT2D eigenvalue weighted by Crippen LogP contribution is -2.38. The molecule has 0 bridgehead atoms. The summed E-state index contributed by atoms with van der Waals surface area (Å²) >= 11 is 6.04. The van der Waals surface area contributed by atoms with Crippen molar-refractivity contribution in [2.45, 2.75) is 19.7 Å². The SMILES string of the molecule is CCOc1cc([C@H]2NC(=O)c3ccccc3N2)ccc1OCc1cccc(Cl)c1. The summed E-state index contributed by atoms with van der Waals surface area (Å²) in [6, 6.07) is 20.7. The van der Waals surface area contributed by atoms with Crippen molar-refractivity contribution >= 4 is 23.2 Å². The highest BCUT2D eigenvalue weighted by Gasteiger charge is 2.25. The Morgan fingerprint density at radius 2 is 1.79 bits per heavy atom. The maximum absolute atomic E-state index is 12.4. The number of fused-ring (bicyclic) bond motifs is 1. The van der Waals surface area contributed by atoms with E-state index >= 15 is 0 Å². The van der Waals surface area contributed by atoms with Crippen molar-refractivity contribution in [3.63, 3.8) is 0 Å². The molecule has 0 saturated heterocycles. The summed E-state index contributed by atoms with van der Waals surface area (Å²) < 4.78 is 11.7. The predicted octanol–water partition coefficient (Wildman–Crippen LogP) is 5.17. The van der Waals surface area contributed by atoms with Gasteiger partial charge in [0.15, 0.2) is 11.5 Å². The molecule has 1 amide bonds. The number of halogens is 1. The van der Waals surface area contributed by atoms with Crippen LogP contribution in [0.5, 0.6) is 11.5 Å². The van der Waals surface area contributed by atoms with Crippen LogP contribution in [0.25, 0.3) is 0 Å². The number of rotatable bonds is 6. The van der Waals surface area contributed by atoms with E-state index in [9.17, 15) is 4.79 Å². The minimum atomic E-state index is -0.349. The third-order valence-electron chi connectivity index (χ3n) is 4.63. The van der Waals surface area contributed by atoms with Crippen LogP contribution in [0, 0.1) is 0 Å². The van der Waals surface area contributed by atoms with E-state index < -0.39 is 0 Å². The van der Waals surface area contributed by atoms with E-state index in [-0.39, 0.29) is 12.1 Å². The van der Waals surface area contributed by atoms with Crippen molar-refractivity contribution in [3.8, 4) is 11.5 Å². The average Bonchev–Trinajstić information content (AvgIpc) is 2.73. The summed E-state index contributed by atoms with van der Waals surface area (Å²) in [6.45, 7) is 2.81. The van der Waals surface area contributed by atoms with Crippen LogP contribution in [0.1, 0.15) is 34.6 Å². The maximum atomic E-state index is 12.4. The van der Waals surface area contributed by atoms with Gasteiger partial charge in [0.25, 0.3) is 5.91 Å². The Hall–Kier alpha value is -3.18. The van der Waals surface area contributed by atoms with E-state index in [0.717, 1.165) is 16.8 Å². The molecule has 0 fully saturated rings. The highest BCUT2D eigenvalue weighted by Crippen LogP contribution is 2.33. The first-order valence-corrected chi connectivity index (χ1v) is 9.82. The third-order valence-corrected chi connectivity index (χ3v) is 4.87. The van der Waals surface area contributed by atoms with Gasteiger partial charge in [-0.1, -0.05) is 41.9 Å². The fraction of sp³-hybridized carbons (Fsp3) is 0.174. The summed E-state index contributed by atoms with van der Waals surface area (Å²) in [5.41, 5.74) is 3.30. The van der Waals surface area contributed by atoms with Crippen molar-refractivity contribution in [3.05, 3.63) is 88.4 Å². The minimum Gasteiger partial charge on any atom is -0.490 e. The first-order chi connectivity index (χ1) is 14.1. The van der Waals surface area contributed by atoms with Crippen molar-refractivity contribution in [1.82, 2.24) is 5.32 Å². The van der Waals surface area contributed by atoms with Crippen LogP contribution >= 0.6 is 11.6 Å². The number of carbonyl (C=O) groups excluding carboxylic acids is 1. The number of hydrogen-bond donors (Lipinski definition) is 2. The van der Waals surface area contributed by atoms with Crippen molar-refractivity contribution in [2.75, 3.05) is 11.9 Å². The zero-order valence-corrected chi connectivity index (χ0v) is 16.7. The second kappa shape index (κ2) is 8.45. The number of benzene rings is 3. The van der Waals surface area contributed by atoms with Gasteiger partial charge < -0.3 is 20.1 Å². The Morgan fingerprint density at radius 1 is 0.931 bits per heavy atom. The lowest BCUT2D eigenvalue weighted by molar-refractivity contribution is 0.0935. The average molecular weight is 409 g/mol. The molecule has 1 heterocycles. The van der Waals surface area contributed by atoms with Crippen LogP contribution < -0.4 is 20.1 Å². The molecule has 1 aliphatic rings. The molecule has 2 N–H and O–H groups in total. The molecule has 1 aliphatic heterocycles. The smallest absolute Gasteiger partial charge is 0.255 e. The lowest BCUT2D eigenvalue weighted by atomic mass is 10.1. The number of carbonyl (C=O) groups is 1. The number of para-hydroxylation sites is 1. The zero-order valence-electron chi connectivity index (χ0n) is 15.9. The number of amides is 1. The van der Waals surface area contributed by atoms with Gasteiger partial charge in [-0.15, -0.1) is 0 Å². The second-order valence-electron chi connectivity index (χ2n) is 6.65. The standard InChI is InChI=1S/C23H21ClN2O3/c1-2-28-21-13-16(22-25-19-9-4-3-8-18(19)23(27)26-22)10-11-20(21)29-14-15-6-5-7-17(24)12-15/h3-13,22,25H,2,14H2,1H3,(H,26,27)/t22-/m1/s1. The fourth-order valence-corrected chi connectivity index (χ4v) is 3.47. The Balaban J connectivity index is 1.55. The Labute approximate surface area is 174 Å². The summed E-state index contributed by atoms with van der Waals surface area (Å²) in [5, 5.41) is 7.01. The van der Waals surface area contributed by atoms with Gasteiger partial charge in [0.2, 0.25) is 0 Å². The van der Waals surface area contributed by atoms with Gasteiger partial charge in [-0.3, -0.25) is 4.79 Å². The molecule has 3 aromatic carbocycles. The highest BCUT2D eigenvalue weighted by atomic mass is 35.5. The van der Waals surface area contributed by atoms with E-state index in [4.69, 9.17) is 21.1 Å². The Bertz CT molecular complexity index is 1040. The molecular formula is C23H21ClN2O3. The predicted molar refractivity (Wildman–Crippen MR) is 114 cm³/mol. The molecule has 3 aromatic rings. The van der Waals surface area contributed by atoms with E-state index in [1.165, 1.54) is 0 Å². The summed E-state index contributed by atoms with van der Waals surface area (Å²) in [7, 11) is 0. The largest absolute Gasteiger partial charge is 0.490 e. The molecule has 4 rings (SSSR count). The molecular weight excluding hydrogens is 388 g/mol. The zero-order chi connectivity index (χ0) is 20.2. The maximum Gasteiger partial charge on any atom is 0.255 e. The van der Waals surface area contributed by atoms with Gasteiger partial charge in [-0.2, -0.15) is 0 Å². The molecule has 6 heteroatoms. The fourth-order valence-electron chi connectivity index (χ4n) is 3.25. The molecule has 0 spiro atoms. The molecule has 5 nitrogen and oxygen atoms in total. The number of anilines is 1. The minimum absolute atomic E-state index is 0.108. The topological polar surface area (TPSA) is 59.6 Å². The van der Waals surface area contributed by atoms with Crippen LogP contribution in [0.4, 0.5) is 5.69 Å². The van der Waals surface area contributed by atoms with E-state index in [2.05, 4.69) is 10.6 Å². The first kappa shape index (κ1) is 19.2. The molecule has 0 saturated carbocycles. The lowest BCUT2D eigenvalue weighted by Gasteiger charge is -2.28. The van der Waals surface area contributed by atoms with Crippen molar-refractivity contribution < 1.29 is 14.3 Å². The van der Waals surface area contributed by atoms with Gasteiger partial charge in [-0.25, -0.2) is 0 Å². The van der Waals surface area contributed by atoms with Gasteiger partial charge in [0.1, 0.15) is 12.8 Å². The molecule has 1 atom stereocenters. The normalized spacial score (nSPS) is 15.1. The molecule has 0 aliphatic carbocycles. The van der Waals surface area contributed by atoms with Gasteiger partial charge in [0.05, 0.1) is 12.2 Å².